The molecule has 0 amide bonds. The van der Waals surface area contributed by atoms with Gasteiger partial charge in [-0.25, -0.2) is 0 Å². The molecule has 90 valence electrons. The van der Waals surface area contributed by atoms with Gasteiger partial charge in [0.25, 0.3) is 0 Å². The Kier molecular flexibility index (Phi) is 3.61. The Hall–Kier alpha value is -0.870. The Morgan fingerprint density at radius 2 is 2.12 bits per heavy atom. The van der Waals surface area contributed by atoms with Crippen molar-refractivity contribution < 1.29 is 0 Å². The molecule has 1 aromatic heterocycles. The average Bonchev–Trinajstić information content (AvgIpc) is 2.70. The molecule has 0 aromatic carbocycles. The molecule has 0 saturated carbocycles. The summed E-state index contributed by atoms with van der Waals surface area (Å²) >= 11 is 0. The highest BCUT2D eigenvalue weighted by atomic mass is 15.3. The van der Waals surface area contributed by atoms with Crippen molar-refractivity contribution in [3.05, 3.63) is 18.0 Å². The van der Waals surface area contributed by atoms with Crippen LogP contribution in [0.15, 0.2) is 12.4 Å². The van der Waals surface area contributed by atoms with Gasteiger partial charge in [0.15, 0.2) is 0 Å². The second-order valence-corrected chi connectivity index (χ2v) is 5.04. The highest BCUT2D eigenvalue weighted by molar-refractivity contribution is 5.04. The van der Waals surface area contributed by atoms with E-state index in [4.69, 9.17) is 5.73 Å². The molecule has 2 rings (SSSR count). The molecule has 1 aliphatic heterocycles. The van der Waals surface area contributed by atoms with Gasteiger partial charge in [-0.05, 0) is 39.8 Å². The molecule has 4 nitrogen and oxygen atoms in total. The predicted molar refractivity (Wildman–Crippen MR) is 65.1 cm³/mol. The van der Waals surface area contributed by atoms with Crippen LogP contribution < -0.4 is 5.73 Å². The number of rotatable bonds is 3. The molecule has 1 aliphatic rings. The van der Waals surface area contributed by atoms with E-state index in [2.05, 4.69) is 30.0 Å². The lowest BCUT2D eigenvalue weighted by Gasteiger charge is -2.29. The summed E-state index contributed by atoms with van der Waals surface area (Å²) in [4.78, 5) is 2.46. The van der Waals surface area contributed by atoms with Crippen LogP contribution >= 0.6 is 0 Å². The summed E-state index contributed by atoms with van der Waals surface area (Å²) in [5.74, 6) is 0. The van der Waals surface area contributed by atoms with Crippen molar-refractivity contribution in [3.8, 4) is 0 Å². The first-order chi connectivity index (χ1) is 7.65. The molecule has 0 bridgehead atoms. The van der Waals surface area contributed by atoms with Gasteiger partial charge in [0.2, 0.25) is 0 Å². The van der Waals surface area contributed by atoms with E-state index in [1.165, 1.54) is 5.56 Å². The van der Waals surface area contributed by atoms with E-state index in [9.17, 15) is 0 Å². The van der Waals surface area contributed by atoms with Gasteiger partial charge in [0.1, 0.15) is 0 Å². The Morgan fingerprint density at radius 1 is 1.44 bits per heavy atom. The van der Waals surface area contributed by atoms with Crippen molar-refractivity contribution in [1.29, 1.82) is 0 Å². The lowest BCUT2D eigenvalue weighted by atomic mass is 10.1. The molecule has 0 radical (unpaired) electrons. The van der Waals surface area contributed by atoms with Crippen LogP contribution in [-0.4, -0.2) is 33.8 Å². The first-order valence-corrected chi connectivity index (χ1v) is 6.16. The molecule has 2 heterocycles. The predicted octanol–water partition coefficient (Wildman–Crippen LogP) is 1.39. The van der Waals surface area contributed by atoms with E-state index < -0.39 is 0 Å². The van der Waals surface area contributed by atoms with E-state index in [1.54, 1.807) is 0 Å². The lowest BCUT2D eigenvalue weighted by molar-refractivity contribution is 0.205. The molecule has 16 heavy (non-hydrogen) atoms. The molecule has 4 heteroatoms. The van der Waals surface area contributed by atoms with Crippen molar-refractivity contribution in [1.82, 2.24) is 14.7 Å². The van der Waals surface area contributed by atoms with Crippen LogP contribution in [0.25, 0.3) is 0 Å². The van der Waals surface area contributed by atoms with Crippen molar-refractivity contribution in [2.45, 2.75) is 45.3 Å². The van der Waals surface area contributed by atoms with Gasteiger partial charge in [-0.1, -0.05) is 0 Å². The van der Waals surface area contributed by atoms with Gasteiger partial charge in [0.05, 0.1) is 6.20 Å². The van der Waals surface area contributed by atoms with Crippen molar-refractivity contribution >= 4 is 0 Å². The smallest absolute Gasteiger partial charge is 0.0534 e. The molecular formula is C12H22N4. The Labute approximate surface area is 97.4 Å². The van der Waals surface area contributed by atoms with E-state index in [0.29, 0.717) is 12.1 Å². The lowest BCUT2D eigenvalue weighted by Crippen LogP contribution is -2.39. The first kappa shape index (κ1) is 11.6. The molecular weight excluding hydrogens is 200 g/mol. The molecule has 0 unspecified atom stereocenters. The molecule has 0 atom stereocenters. The van der Waals surface area contributed by atoms with Gasteiger partial charge < -0.3 is 5.73 Å². The number of hydrogen-bond acceptors (Lipinski definition) is 3. The normalized spacial score (nSPS) is 19.5. The summed E-state index contributed by atoms with van der Waals surface area (Å²) < 4.78 is 2.02. The fourth-order valence-electron chi connectivity index (χ4n) is 2.11. The Bertz CT molecular complexity index is 324. The van der Waals surface area contributed by atoms with Crippen molar-refractivity contribution in [3.63, 3.8) is 0 Å². The van der Waals surface area contributed by atoms with Gasteiger partial charge in [0, 0.05) is 30.4 Å². The number of piperidine rings is 1. The average molecular weight is 222 g/mol. The number of likely N-dealkylation sites (tertiary alicyclic amines) is 1. The van der Waals surface area contributed by atoms with Crippen LogP contribution in [0.5, 0.6) is 0 Å². The van der Waals surface area contributed by atoms with Gasteiger partial charge >= 0.3 is 0 Å². The quantitative estimate of drug-likeness (QED) is 0.840. The van der Waals surface area contributed by atoms with Crippen LogP contribution in [0.2, 0.25) is 0 Å². The number of nitrogens with zero attached hydrogens (tertiary/aromatic N) is 3. The summed E-state index contributed by atoms with van der Waals surface area (Å²) in [7, 11) is 0. The maximum atomic E-state index is 5.89. The third-order valence-electron chi connectivity index (χ3n) is 3.22. The van der Waals surface area contributed by atoms with Crippen LogP contribution in [0.1, 0.15) is 38.3 Å². The fraction of sp³-hybridized carbons (Fsp3) is 0.750. The number of hydrogen-bond donors (Lipinski definition) is 1. The van der Waals surface area contributed by atoms with Crippen LogP contribution in [0.3, 0.4) is 0 Å². The summed E-state index contributed by atoms with van der Waals surface area (Å²) in [6, 6.07) is 0.859. The zero-order valence-electron chi connectivity index (χ0n) is 10.3. The highest BCUT2D eigenvalue weighted by Crippen LogP contribution is 2.13. The first-order valence-electron chi connectivity index (χ1n) is 6.16. The SMILES string of the molecule is CC(C)n1cc(CN2CCC(N)CC2)cn1. The number of nitrogens with two attached hydrogens (primary N) is 1. The standard InChI is InChI=1S/C12H22N4/c1-10(2)16-9-11(7-14-16)8-15-5-3-12(13)4-6-15/h7,9-10,12H,3-6,8,13H2,1-2H3. The molecule has 1 aromatic rings. The minimum Gasteiger partial charge on any atom is -0.328 e. The number of aromatic nitrogens is 2. The summed E-state index contributed by atoms with van der Waals surface area (Å²) in [6.45, 7) is 7.55. The third-order valence-corrected chi connectivity index (χ3v) is 3.22. The summed E-state index contributed by atoms with van der Waals surface area (Å²) in [5, 5.41) is 4.36. The second-order valence-electron chi connectivity index (χ2n) is 5.04. The molecule has 0 aliphatic carbocycles. The highest BCUT2D eigenvalue weighted by Gasteiger charge is 2.16. The maximum absolute atomic E-state index is 5.89. The molecule has 2 N–H and O–H groups in total. The topological polar surface area (TPSA) is 47.1 Å². The van der Waals surface area contributed by atoms with E-state index in [1.807, 2.05) is 10.9 Å². The second kappa shape index (κ2) is 4.97. The maximum Gasteiger partial charge on any atom is 0.0534 e. The minimum absolute atomic E-state index is 0.412. The summed E-state index contributed by atoms with van der Waals surface area (Å²) in [5.41, 5.74) is 7.20. The van der Waals surface area contributed by atoms with E-state index in [0.717, 1.165) is 32.5 Å². The van der Waals surface area contributed by atoms with Crippen LogP contribution in [-0.2, 0) is 6.54 Å². The monoisotopic (exact) mass is 222 g/mol. The zero-order chi connectivity index (χ0) is 11.5. The molecule has 0 spiro atoms. The Morgan fingerprint density at radius 3 is 2.69 bits per heavy atom. The van der Waals surface area contributed by atoms with Gasteiger partial charge in [-0.2, -0.15) is 5.10 Å². The van der Waals surface area contributed by atoms with Crippen molar-refractivity contribution in [2.75, 3.05) is 13.1 Å². The summed E-state index contributed by atoms with van der Waals surface area (Å²) in [6.07, 6.45) is 6.38. The molecule has 1 saturated heterocycles. The van der Waals surface area contributed by atoms with E-state index >= 15 is 0 Å². The van der Waals surface area contributed by atoms with Crippen molar-refractivity contribution in [2.24, 2.45) is 5.73 Å². The van der Waals surface area contributed by atoms with Gasteiger partial charge in [-0.3, -0.25) is 9.58 Å². The minimum atomic E-state index is 0.412. The third kappa shape index (κ3) is 2.83. The molecule has 1 fully saturated rings. The largest absolute Gasteiger partial charge is 0.328 e. The zero-order valence-corrected chi connectivity index (χ0v) is 10.3. The van der Waals surface area contributed by atoms with E-state index in [-0.39, 0.29) is 0 Å². The Balaban J connectivity index is 1.88. The van der Waals surface area contributed by atoms with Crippen LogP contribution in [0.4, 0.5) is 0 Å². The fourth-order valence-corrected chi connectivity index (χ4v) is 2.11. The van der Waals surface area contributed by atoms with Gasteiger partial charge in [-0.15, -0.1) is 0 Å². The van der Waals surface area contributed by atoms with Crippen LogP contribution in [0, 0.1) is 0 Å².